The number of halogens is 1. The summed E-state index contributed by atoms with van der Waals surface area (Å²) in [6.45, 7) is 2.10. The predicted molar refractivity (Wildman–Crippen MR) is 125 cm³/mol. The van der Waals surface area contributed by atoms with Crippen molar-refractivity contribution in [3.8, 4) is 28.0 Å². The summed E-state index contributed by atoms with van der Waals surface area (Å²) in [6.07, 6.45) is 7.26. The van der Waals surface area contributed by atoms with Gasteiger partial charge in [-0.3, -0.25) is 0 Å². The number of aliphatic hydroxyl groups is 1. The molecule has 0 unspecified atom stereocenters. The highest BCUT2D eigenvalue weighted by molar-refractivity contribution is 5.74. The first-order chi connectivity index (χ1) is 15.0. The molecule has 3 aromatic carbocycles. The van der Waals surface area contributed by atoms with Gasteiger partial charge in [0.15, 0.2) is 11.6 Å². The van der Waals surface area contributed by atoms with Gasteiger partial charge in [0, 0.05) is 0 Å². The Balaban J connectivity index is 1.47. The van der Waals surface area contributed by atoms with Crippen LogP contribution in [0.15, 0.2) is 60.7 Å². The number of rotatable bonds is 6. The molecule has 1 aliphatic carbocycles. The van der Waals surface area contributed by atoms with E-state index in [0.29, 0.717) is 0 Å². The molecule has 0 aliphatic heterocycles. The van der Waals surface area contributed by atoms with E-state index in [1.807, 2.05) is 6.07 Å². The largest absolute Gasteiger partial charge is 0.505 e. The molecule has 1 fully saturated rings. The fraction of sp³-hybridized carbons (Fsp3) is 0.357. The van der Waals surface area contributed by atoms with Gasteiger partial charge < -0.3 is 10.2 Å². The third-order valence-corrected chi connectivity index (χ3v) is 6.69. The lowest BCUT2D eigenvalue weighted by molar-refractivity contribution is 0.106. The van der Waals surface area contributed by atoms with E-state index in [1.165, 1.54) is 29.7 Å². The molecule has 0 aromatic heterocycles. The zero-order valence-corrected chi connectivity index (χ0v) is 18.2. The van der Waals surface area contributed by atoms with Gasteiger partial charge in [0.25, 0.3) is 0 Å². The van der Waals surface area contributed by atoms with Crippen LogP contribution in [0.25, 0.3) is 22.3 Å². The van der Waals surface area contributed by atoms with Crippen LogP contribution >= 0.6 is 0 Å². The molecule has 4 rings (SSSR count). The molecule has 2 nitrogen and oxygen atoms in total. The lowest BCUT2D eigenvalue weighted by atomic mass is 9.84. The number of benzene rings is 3. The Morgan fingerprint density at radius 2 is 1.52 bits per heavy atom. The summed E-state index contributed by atoms with van der Waals surface area (Å²) in [7, 11) is 0. The molecule has 0 atom stereocenters. The Morgan fingerprint density at radius 1 is 0.839 bits per heavy atom. The number of phenolic OH excluding ortho intramolecular Hbond substituents is 1. The van der Waals surface area contributed by atoms with Crippen LogP contribution in [0.1, 0.15) is 50.2 Å². The summed E-state index contributed by atoms with van der Waals surface area (Å²) in [5.74, 6) is -0.171. The first-order valence-corrected chi connectivity index (χ1v) is 11.4. The van der Waals surface area contributed by atoms with Crippen molar-refractivity contribution in [3.63, 3.8) is 0 Å². The van der Waals surface area contributed by atoms with E-state index >= 15 is 0 Å². The third-order valence-electron chi connectivity index (χ3n) is 6.69. The van der Waals surface area contributed by atoms with Crippen molar-refractivity contribution in [1.82, 2.24) is 0 Å². The predicted octanol–water partition coefficient (Wildman–Crippen LogP) is 6.91. The van der Waals surface area contributed by atoms with E-state index in [4.69, 9.17) is 0 Å². The highest BCUT2D eigenvalue weighted by Crippen LogP contribution is 2.32. The van der Waals surface area contributed by atoms with Crippen LogP contribution < -0.4 is 0 Å². The molecule has 31 heavy (non-hydrogen) atoms. The van der Waals surface area contributed by atoms with E-state index in [1.54, 1.807) is 6.07 Å². The Morgan fingerprint density at radius 3 is 2.19 bits per heavy atom. The van der Waals surface area contributed by atoms with Gasteiger partial charge in [-0.2, -0.15) is 0 Å². The minimum Gasteiger partial charge on any atom is -0.505 e. The van der Waals surface area contributed by atoms with Gasteiger partial charge in [-0.15, -0.1) is 0 Å². The number of aromatic hydroxyl groups is 1. The van der Waals surface area contributed by atoms with Gasteiger partial charge in [-0.25, -0.2) is 4.39 Å². The van der Waals surface area contributed by atoms with Crippen LogP contribution in [-0.4, -0.2) is 16.3 Å². The quantitative estimate of drug-likeness (QED) is 0.456. The lowest BCUT2D eigenvalue weighted by Gasteiger charge is -2.25. The summed E-state index contributed by atoms with van der Waals surface area (Å²) >= 11 is 0. The molecule has 3 heteroatoms. The van der Waals surface area contributed by atoms with Crippen molar-refractivity contribution >= 4 is 0 Å². The SMILES string of the molecule is CCc1cc(-c2ccc(CCC3CCC(O)CC3)cc2)ccc1-c1ccc(O)c(F)c1. The number of aryl methyl sites for hydroxylation is 2. The smallest absolute Gasteiger partial charge is 0.165 e. The second-order valence-electron chi connectivity index (χ2n) is 8.80. The molecule has 3 aromatic rings. The van der Waals surface area contributed by atoms with E-state index in [-0.39, 0.29) is 11.9 Å². The summed E-state index contributed by atoms with van der Waals surface area (Å²) in [5, 5.41) is 19.1. The molecular weight excluding hydrogens is 387 g/mol. The summed E-state index contributed by atoms with van der Waals surface area (Å²) < 4.78 is 13.8. The average molecular weight is 419 g/mol. The second-order valence-corrected chi connectivity index (χ2v) is 8.80. The summed E-state index contributed by atoms with van der Waals surface area (Å²) in [4.78, 5) is 0. The summed E-state index contributed by atoms with van der Waals surface area (Å²) in [5.41, 5.74) is 6.65. The minimum absolute atomic E-state index is 0.0806. The van der Waals surface area contributed by atoms with Crippen molar-refractivity contribution < 1.29 is 14.6 Å². The van der Waals surface area contributed by atoms with Gasteiger partial charge in [0.2, 0.25) is 0 Å². The van der Waals surface area contributed by atoms with Crippen molar-refractivity contribution in [2.24, 2.45) is 5.92 Å². The molecule has 162 valence electrons. The van der Waals surface area contributed by atoms with Gasteiger partial charge in [-0.05, 0) is 96.4 Å². The van der Waals surface area contributed by atoms with E-state index < -0.39 is 5.82 Å². The Labute approximate surface area is 184 Å². The van der Waals surface area contributed by atoms with Crippen LogP contribution in [-0.2, 0) is 12.8 Å². The van der Waals surface area contributed by atoms with E-state index in [0.717, 1.165) is 66.7 Å². The fourth-order valence-electron chi connectivity index (χ4n) is 4.69. The normalized spacial score (nSPS) is 18.8. The fourth-order valence-corrected chi connectivity index (χ4v) is 4.69. The van der Waals surface area contributed by atoms with Crippen LogP contribution in [0.2, 0.25) is 0 Å². The highest BCUT2D eigenvalue weighted by atomic mass is 19.1. The highest BCUT2D eigenvalue weighted by Gasteiger charge is 2.19. The molecule has 0 radical (unpaired) electrons. The number of hydrogen-bond donors (Lipinski definition) is 2. The number of aliphatic hydroxyl groups excluding tert-OH is 1. The molecule has 1 saturated carbocycles. The molecule has 2 N–H and O–H groups in total. The maximum atomic E-state index is 13.8. The van der Waals surface area contributed by atoms with Gasteiger partial charge in [0.05, 0.1) is 6.10 Å². The third kappa shape index (κ3) is 5.16. The minimum atomic E-state index is -0.594. The van der Waals surface area contributed by atoms with Crippen molar-refractivity contribution in [2.45, 2.75) is 58.0 Å². The maximum absolute atomic E-state index is 13.8. The molecule has 0 heterocycles. The van der Waals surface area contributed by atoms with Crippen LogP contribution in [0, 0.1) is 11.7 Å². The molecule has 0 bridgehead atoms. The summed E-state index contributed by atoms with van der Waals surface area (Å²) in [6, 6.07) is 19.7. The van der Waals surface area contributed by atoms with Gasteiger partial charge in [0.1, 0.15) is 0 Å². The average Bonchev–Trinajstić information content (AvgIpc) is 2.80. The first kappa shape index (κ1) is 21.6. The maximum Gasteiger partial charge on any atom is 0.165 e. The van der Waals surface area contributed by atoms with Crippen molar-refractivity contribution in [1.29, 1.82) is 0 Å². The second kappa shape index (κ2) is 9.65. The van der Waals surface area contributed by atoms with Crippen LogP contribution in [0.3, 0.4) is 0 Å². The Hall–Kier alpha value is -2.65. The lowest BCUT2D eigenvalue weighted by Crippen LogP contribution is -2.18. The molecular formula is C28H31FO2. The van der Waals surface area contributed by atoms with Crippen molar-refractivity contribution in [2.75, 3.05) is 0 Å². The van der Waals surface area contributed by atoms with E-state index in [9.17, 15) is 14.6 Å². The van der Waals surface area contributed by atoms with Crippen LogP contribution in [0.4, 0.5) is 4.39 Å². The monoisotopic (exact) mass is 418 g/mol. The Kier molecular flexibility index (Phi) is 6.72. The van der Waals surface area contributed by atoms with E-state index in [2.05, 4.69) is 43.3 Å². The van der Waals surface area contributed by atoms with Gasteiger partial charge in [-0.1, -0.05) is 55.5 Å². The zero-order valence-electron chi connectivity index (χ0n) is 18.2. The topological polar surface area (TPSA) is 40.5 Å². The van der Waals surface area contributed by atoms with Crippen molar-refractivity contribution in [3.05, 3.63) is 77.6 Å². The molecule has 1 aliphatic rings. The molecule has 0 saturated heterocycles. The standard InChI is InChI=1S/C28H31FO2/c1-2-21-17-23(11-15-26(21)24-12-16-28(31)27(29)18-24)22-9-5-19(6-10-22)3-4-20-7-13-25(30)14-8-20/h5-6,9-12,15-18,20,25,30-31H,2-4,7-8,13-14H2,1H3. The zero-order chi connectivity index (χ0) is 21.8. The molecule has 0 amide bonds. The number of phenols is 1. The first-order valence-electron chi connectivity index (χ1n) is 11.4. The molecule has 0 spiro atoms. The van der Waals surface area contributed by atoms with Crippen LogP contribution in [0.5, 0.6) is 5.75 Å². The van der Waals surface area contributed by atoms with Gasteiger partial charge >= 0.3 is 0 Å². The Bertz CT molecular complexity index is 1020. The number of hydrogen-bond acceptors (Lipinski definition) is 2.